The van der Waals surface area contributed by atoms with Crippen molar-refractivity contribution in [3.05, 3.63) is 126 Å². The van der Waals surface area contributed by atoms with E-state index in [4.69, 9.17) is 22.1 Å². The van der Waals surface area contributed by atoms with Gasteiger partial charge in [-0.15, -0.1) is 0 Å². The molecular formula is C53H57N5O5. The van der Waals surface area contributed by atoms with E-state index in [0.29, 0.717) is 17.7 Å². The van der Waals surface area contributed by atoms with Crippen LogP contribution < -0.4 is 0 Å². The third kappa shape index (κ3) is 9.31. The number of rotatable bonds is 8. The molecule has 5 aromatic heterocycles. The van der Waals surface area contributed by atoms with E-state index in [-0.39, 0.29) is 23.7 Å². The van der Waals surface area contributed by atoms with Gasteiger partial charge in [-0.25, -0.2) is 24.9 Å². The number of hydrogen-bond acceptors (Lipinski definition) is 10. The van der Waals surface area contributed by atoms with Gasteiger partial charge in [0.05, 0.1) is 0 Å². The third-order valence-electron chi connectivity index (χ3n) is 11.0. The largest absolute Gasteiger partial charge is 0.440 e. The maximum atomic E-state index is 5.88. The Balaban J connectivity index is 0.000000131. The third-order valence-corrected chi connectivity index (χ3v) is 11.0. The van der Waals surface area contributed by atoms with Crippen LogP contribution in [0.5, 0.6) is 0 Å². The van der Waals surface area contributed by atoms with Gasteiger partial charge in [0, 0.05) is 41.4 Å². The molecule has 0 bridgehead atoms. The van der Waals surface area contributed by atoms with E-state index >= 15 is 0 Å². The van der Waals surface area contributed by atoms with Crippen LogP contribution in [0.2, 0.25) is 0 Å². The molecule has 0 aliphatic rings. The fourth-order valence-electron chi connectivity index (χ4n) is 7.06. The fraction of sp³-hybridized carbons (Fsp3) is 0.340. The van der Waals surface area contributed by atoms with Gasteiger partial charge in [0.25, 0.3) is 0 Å². The number of oxazole rings is 5. The Hall–Kier alpha value is -6.55. The molecule has 324 valence electrons. The van der Waals surface area contributed by atoms with Crippen molar-refractivity contribution in [2.45, 2.75) is 119 Å². The smallest absolute Gasteiger partial charge is 0.227 e. The van der Waals surface area contributed by atoms with Gasteiger partial charge in [-0.2, -0.15) is 0 Å². The maximum Gasteiger partial charge on any atom is 0.227 e. The lowest BCUT2D eigenvalue weighted by Gasteiger charge is -2.04. The summed E-state index contributed by atoms with van der Waals surface area (Å²) >= 11 is 0. The standard InChI is InChI=1S/C20H20N2O2.C19H21NO.C14H16N2O2/c1-11(2)19-21-15-7-5-14(10-18(15)24-19)13-6-8-17-16(9-13)22-20(23-17)12(3)4;1-12(2)14-5-7-15(8-6-14)19-20-17-11-16(13(3)4)9-10-18(17)21-19;1-7(2)13-15-9-5-12-10(6-11(9)17-13)16-14(18-12)8(3)4/h5-12H,1-4H3;5-13H,1-4H3;5-8H,1-4H3. The first-order valence-electron chi connectivity index (χ1n) is 22.1. The normalized spacial score (nSPS) is 12.0. The van der Waals surface area contributed by atoms with E-state index in [2.05, 4.69) is 163 Å². The SMILES string of the molecule is CC(C)c1ccc(-c2nc3cc(C(C)C)ccc3o2)cc1.CC(C)c1nc2cc(-c3ccc4nc(C(C)C)oc4c3)ccc2o1.CC(C)c1nc2cc3oc(C(C)C)nc3cc2o1. The number of fused-ring (bicyclic) bond motifs is 5. The Labute approximate surface area is 368 Å². The van der Waals surface area contributed by atoms with Crippen molar-refractivity contribution in [1.82, 2.24) is 24.9 Å². The maximum absolute atomic E-state index is 5.88. The van der Waals surface area contributed by atoms with Crippen LogP contribution in [-0.2, 0) is 0 Å². The topological polar surface area (TPSA) is 130 Å². The first kappa shape index (κ1) is 43.1. The zero-order valence-electron chi connectivity index (χ0n) is 38.4. The molecule has 0 aliphatic heterocycles. The predicted molar refractivity (Wildman–Crippen MR) is 253 cm³/mol. The summed E-state index contributed by atoms with van der Waals surface area (Å²) in [5.41, 5.74) is 14.2. The molecule has 5 aromatic carbocycles. The first-order chi connectivity index (χ1) is 30.1. The van der Waals surface area contributed by atoms with Crippen LogP contribution in [0.4, 0.5) is 0 Å². The van der Waals surface area contributed by atoms with Crippen molar-refractivity contribution in [3.8, 4) is 22.6 Å². The summed E-state index contributed by atoms with van der Waals surface area (Å²) in [5, 5.41) is 0. The molecule has 0 spiro atoms. The first-order valence-corrected chi connectivity index (χ1v) is 22.1. The molecule has 0 atom stereocenters. The highest BCUT2D eigenvalue weighted by Crippen LogP contribution is 2.32. The minimum atomic E-state index is 0.279. The van der Waals surface area contributed by atoms with Crippen molar-refractivity contribution in [1.29, 1.82) is 0 Å². The minimum absolute atomic E-state index is 0.279. The number of nitrogens with zero attached hydrogens (tertiary/aromatic N) is 5. The van der Waals surface area contributed by atoms with Crippen LogP contribution in [0, 0.1) is 0 Å². The molecule has 0 saturated carbocycles. The van der Waals surface area contributed by atoms with Crippen LogP contribution in [0.3, 0.4) is 0 Å². The molecule has 0 fully saturated rings. The summed E-state index contributed by atoms with van der Waals surface area (Å²) in [5.74, 6) is 5.90. The fourth-order valence-corrected chi connectivity index (χ4v) is 7.06. The van der Waals surface area contributed by atoms with E-state index in [1.807, 2.05) is 36.4 Å². The Morgan fingerprint density at radius 2 is 0.667 bits per heavy atom. The molecular weight excluding hydrogens is 787 g/mol. The van der Waals surface area contributed by atoms with Gasteiger partial charge in [0.1, 0.15) is 27.6 Å². The second kappa shape index (κ2) is 17.7. The van der Waals surface area contributed by atoms with Crippen LogP contribution in [-0.4, -0.2) is 24.9 Å². The van der Waals surface area contributed by atoms with Crippen molar-refractivity contribution >= 4 is 55.5 Å². The van der Waals surface area contributed by atoms with Crippen molar-refractivity contribution < 1.29 is 22.1 Å². The molecule has 10 aromatic rings. The molecule has 0 amide bonds. The lowest BCUT2D eigenvalue weighted by atomic mass is 10.0. The van der Waals surface area contributed by atoms with E-state index in [0.717, 1.165) is 95.8 Å². The van der Waals surface area contributed by atoms with Gasteiger partial charge in [-0.05, 0) is 82.6 Å². The second-order valence-electron chi connectivity index (χ2n) is 18.2. The second-order valence-corrected chi connectivity index (χ2v) is 18.2. The lowest BCUT2D eigenvalue weighted by molar-refractivity contribution is 0.501. The highest BCUT2D eigenvalue weighted by molar-refractivity contribution is 5.89. The Morgan fingerprint density at radius 1 is 0.286 bits per heavy atom. The summed E-state index contributed by atoms with van der Waals surface area (Å²) < 4.78 is 29.0. The van der Waals surface area contributed by atoms with Gasteiger partial charge in [0.2, 0.25) is 5.89 Å². The molecule has 0 aliphatic carbocycles. The Morgan fingerprint density at radius 3 is 1.19 bits per heavy atom. The quantitative estimate of drug-likeness (QED) is 0.146. The van der Waals surface area contributed by atoms with Gasteiger partial charge >= 0.3 is 0 Å². The van der Waals surface area contributed by atoms with Crippen LogP contribution in [0.1, 0.15) is 153 Å². The zero-order valence-corrected chi connectivity index (χ0v) is 38.4. The van der Waals surface area contributed by atoms with Gasteiger partial charge in [-0.3, -0.25) is 0 Å². The van der Waals surface area contributed by atoms with Gasteiger partial charge in [-0.1, -0.05) is 113 Å². The van der Waals surface area contributed by atoms with E-state index < -0.39 is 0 Å². The minimum Gasteiger partial charge on any atom is -0.440 e. The average Bonchev–Trinajstić information content (AvgIpc) is 4.10. The van der Waals surface area contributed by atoms with Crippen LogP contribution in [0.25, 0.3) is 78.1 Å². The molecule has 0 radical (unpaired) electrons. The molecule has 0 saturated heterocycles. The number of aromatic nitrogens is 5. The van der Waals surface area contributed by atoms with Crippen LogP contribution in [0.15, 0.2) is 113 Å². The summed E-state index contributed by atoms with van der Waals surface area (Å²) in [6.07, 6.45) is 0. The molecule has 10 heteroatoms. The zero-order chi connectivity index (χ0) is 44.7. The summed E-state index contributed by atoms with van der Waals surface area (Å²) in [6.45, 7) is 25.3. The summed E-state index contributed by atoms with van der Waals surface area (Å²) in [6, 6.07) is 30.7. The van der Waals surface area contributed by atoms with E-state index in [1.54, 1.807) is 0 Å². The van der Waals surface area contributed by atoms with E-state index in [9.17, 15) is 0 Å². The molecule has 10 rings (SSSR count). The number of hydrogen-bond donors (Lipinski definition) is 0. The molecule has 0 unspecified atom stereocenters. The van der Waals surface area contributed by atoms with E-state index in [1.165, 1.54) is 11.1 Å². The Kier molecular flexibility index (Phi) is 12.1. The van der Waals surface area contributed by atoms with Gasteiger partial charge in [0.15, 0.2) is 51.5 Å². The van der Waals surface area contributed by atoms with Crippen molar-refractivity contribution in [3.63, 3.8) is 0 Å². The summed E-state index contributed by atoms with van der Waals surface area (Å²) in [7, 11) is 0. The molecule has 63 heavy (non-hydrogen) atoms. The van der Waals surface area contributed by atoms with Crippen molar-refractivity contribution in [2.75, 3.05) is 0 Å². The predicted octanol–water partition coefficient (Wildman–Crippen LogP) is 15.8. The van der Waals surface area contributed by atoms with Gasteiger partial charge < -0.3 is 22.1 Å². The molecule has 5 heterocycles. The number of benzene rings is 5. The molecule has 10 nitrogen and oxygen atoms in total. The van der Waals surface area contributed by atoms with Crippen molar-refractivity contribution in [2.24, 2.45) is 0 Å². The Bertz CT molecular complexity index is 2960. The summed E-state index contributed by atoms with van der Waals surface area (Å²) in [4.78, 5) is 22.7. The average molecular weight is 844 g/mol. The highest BCUT2D eigenvalue weighted by atomic mass is 16.4. The highest BCUT2D eigenvalue weighted by Gasteiger charge is 2.16. The monoisotopic (exact) mass is 843 g/mol. The lowest BCUT2D eigenvalue weighted by Crippen LogP contribution is -1.87. The molecule has 0 N–H and O–H groups in total. The van der Waals surface area contributed by atoms with Crippen LogP contribution >= 0.6 is 0 Å².